The molecule has 2 N–H and O–H groups in total. The lowest BCUT2D eigenvalue weighted by Crippen LogP contribution is -2.36. The molecule has 0 aromatic heterocycles. The van der Waals surface area contributed by atoms with Gasteiger partial charge < -0.3 is 10.1 Å². The summed E-state index contributed by atoms with van der Waals surface area (Å²) in [6.45, 7) is 6.96. The van der Waals surface area contributed by atoms with Crippen LogP contribution in [0.25, 0.3) is 0 Å². The summed E-state index contributed by atoms with van der Waals surface area (Å²) in [5.74, 6) is 0.633. The van der Waals surface area contributed by atoms with E-state index in [9.17, 15) is 4.79 Å². The van der Waals surface area contributed by atoms with Crippen molar-refractivity contribution in [2.24, 2.45) is 4.99 Å². The van der Waals surface area contributed by atoms with Crippen LogP contribution in [0.3, 0.4) is 0 Å². The van der Waals surface area contributed by atoms with Gasteiger partial charge in [0.05, 0.1) is 6.61 Å². The summed E-state index contributed by atoms with van der Waals surface area (Å²) in [7, 11) is 1.59. The Kier molecular flexibility index (Phi) is 9.05. The van der Waals surface area contributed by atoms with Crippen LogP contribution in [-0.4, -0.2) is 32.0 Å². The number of nitrogens with zero attached hydrogens (tertiary/aromatic N) is 1. The third-order valence-corrected chi connectivity index (χ3v) is 1.99. The minimum absolute atomic E-state index is 0.239. The second kappa shape index (κ2) is 9.84. The minimum Gasteiger partial charge on any atom is -0.383 e. The van der Waals surface area contributed by atoms with E-state index in [0.717, 1.165) is 18.6 Å². The number of amides is 2. The van der Waals surface area contributed by atoms with Gasteiger partial charge in [-0.3, -0.25) is 5.32 Å². The lowest BCUT2D eigenvalue weighted by molar-refractivity contribution is 0.196. The van der Waals surface area contributed by atoms with Gasteiger partial charge in [0.25, 0.3) is 0 Å². The molecule has 0 saturated heterocycles. The van der Waals surface area contributed by atoms with E-state index in [-0.39, 0.29) is 6.03 Å². The second-order valence-electron chi connectivity index (χ2n) is 3.35. The standard InChI is InChI=1S/C10H17N3O2.C2H6/c1-8-4-3-5-9(12-8)13-10(14)11-6-7-15-2;1-2/h5H,3-4,6-7H2,1-2H3,(H2,11,13,14);1-2H3. The number of ether oxygens (including phenoxy) is 1. The van der Waals surface area contributed by atoms with Gasteiger partial charge in [-0.2, -0.15) is 0 Å². The zero-order chi connectivity index (χ0) is 13.1. The Morgan fingerprint density at radius 2 is 2.24 bits per heavy atom. The Morgan fingerprint density at radius 1 is 1.53 bits per heavy atom. The van der Waals surface area contributed by atoms with E-state index < -0.39 is 0 Å². The molecule has 1 aliphatic rings. The Balaban J connectivity index is 0.00000121. The maximum Gasteiger partial charge on any atom is 0.320 e. The van der Waals surface area contributed by atoms with Gasteiger partial charge in [0.15, 0.2) is 0 Å². The molecular weight excluding hydrogens is 218 g/mol. The van der Waals surface area contributed by atoms with E-state index in [2.05, 4.69) is 15.6 Å². The Bertz CT molecular complexity index is 285. The van der Waals surface area contributed by atoms with Crippen LogP contribution < -0.4 is 10.6 Å². The van der Waals surface area contributed by atoms with Crippen LogP contribution in [0.15, 0.2) is 16.9 Å². The molecule has 98 valence electrons. The summed E-state index contributed by atoms with van der Waals surface area (Å²) < 4.78 is 4.81. The van der Waals surface area contributed by atoms with E-state index in [1.54, 1.807) is 7.11 Å². The van der Waals surface area contributed by atoms with E-state index in [1.807, 2.05) is 26.8 Å². The number of methoxy groups -OCH3 is 1. The van der Waals surface area contributed by atoms with Crippen LogP contribution in [-0.2, 0) is 4.74 Å². The average Bonchev–Trinajstić information content (AvgIpc) is 2.32. The first-order chi connectivity index (χ1) is 8.22. The van der Waals surface area contributed by atoms with Crippen LogP contribution in [0.2, 0.25) is 0 Å². The molecule has 0 fully saturated rings. The van der Waals surface area contributed by atoms with Crippen molar-refractivity contribution >= 4 is 11.7 Å². The van der Waals surface area contributed by atoms with Gasteiger partial charge >= 0.3 is 6.03 Å². The fourth-order valence-corrected chi connectivity index (χ4v) is 1.23. The van der Waals surface area contributed by atoms with Gasteiger partial charge in [-0.05, 0) is 25.8 Å². The molecule has 0 unspecified atom stereocenters. The fourth-order valence-electron chi connectivity index (χ4n) is 1.23. The summed E-state index contributed by atoms with van der Waals surface area (Å²) in [5.41, 5.74) is 1.05. The summed E-state index contributed by atoms with van der Waals surface area (Å²) in [6, 6.07) is -0.239. The maximum atomic E-state index is 11.3. The van der Waals surface area contributed by atoms with Gasteiger partial charge in [-0.25, -0.2) is 9.79 Å². The van der Waals surface area contributed by atoms with Crippen molar-refractivity contribution in [3.63, 3.8) is 0 Å². The number of carbonyl (C=O) groups is 1. The highest BCUT2D eigenvalue weighted by Gasteiger charge is 2.06. The summed E-state index contributed by atoms with van der Waals surface area (Å²) in [4.78, 5) is 15.5. The topological polar surface area (TPSA) is 62.7 Å². The molecule has 0 spiro atoms. The number of hydrogen-bond donors (Lipinski definition) is 2. The molecule has 2 amide bonds. The Hall–Kier alpha value is -1.36. The number of carbonyl (C=O) groups excluding carboxylic acids is 1. The van der Waals surface area contributed by atoms with Gasteiger partial charge in [-0.15, -0.1) is 0 Å². The molecule has 0 bridgehead atoms. The predicted molar refractivity (Wildman–Crippen MR) is 70.2 cm³/mol. The quantitative estimate of drug-likeness (QED) is 0.740. The molecule has 17 heavy (non-hydrogen) atoms. The lowest BCUT2D eigenvalue weighted by atomic mass is 10.2. The van der Waals surface area contributed by atoms with Gasteiger partial charge in [0.1, 0.15) is 5.82 Å². The van der Waals surface area contributed by atoms with Crippen LogP contribution in [0.5, 0.6) is 0 Å². The minimum atomic E-state index is -0.239. The first kappa shape index (κ1) is 15.6. The maximum absolute atomic E-state index is 11.3. The van der Waals surface area contributed by atoms with Gasteiger partial charge in [0, 0.05) is 19.4 Å². The van der Waals surface area contributed by atoms with E-state index in [4.69, 9.17) is 4.74 Å². The first-order valence-electron chi connectivity index (χ1n) is 6.00. The van der Waals surface area contributed by atoms with Gasteiger partial charge in [-0.1, -0.05) is 13.8 Å². The summed E-state index contributed by atoms with van der Waals surface area (Å²) in [6.07, 6.45) is 3.82. The van der Waals surface area contributed by atoms with Crippen molar-refractivity contribution in [3.8, 4) is 0 Å². The molecule has 0 aromatic carbocycles. The summed E-state index contributed by atoms with van der Waals surface area (Å²) >= 11 is 0. The monoisotopic (exact) mass is 241 g/mol. The molecule has 1 heterocycles. The third-order valence-electron chi connectivity index (χ3n) is 1.99. The number of hydrogen-bond acceptors (Lipinski definition) is 3. The summed E-state index contributed by atoms with van der Waals surface area (Å²) in [5, 5.41) is 5.34. The second-order valence-corrected chi connectivity index (χ2v) is 3.35. The molecule has 5 heteroatoms. The third kappa shape index (κ3) is 7.52. The molecule has 1 rings (SSSR count). The highest BCUT2D eigenvalue weighted by atomic mass is 16.5. The Morgan fingerprint density at radius 3 is 2.82 bits per heavy atom. The SMILES string of the molecule is CC.COCCNC(=O)NC1=CCCC(C)=N1. The molecule has 0 aliphatic carbocycles. The Labute approximate surface area is 103 Å². The van der Waals surface area contributed by atoms with Crippen molar-refractivity contribution in [2.75, 3.05) is 20.3 Å². The molecule has 0 aromatic rings. The van der Waals surface area contributed by atoms with Crippen molar-refractivity contribution in [1.29, 1.82) is 0 Å². The van der Waals surface area contributed by atoms with E-state index in [1.165, 1.54) is 0 Å². The predicted octanol–water partition coefficient (Wildman–Crippen LogP) is 2.05. The van der Waals surface area contributed by atoms with Gasteiger partial charge in [0.2, 0.25) is 0 Å². The van der Waals surface area contributed by atoms with Crippen molar-refractivity contribution in [2.45, 2.75) is 33.6 Å². The van der Waals surface area contributed by atoms with Crippen molar-refractivity contribution in [1.82, 2.24) is 10.6 Å². The van der Waals surface area contributed by atoms with Crippen LogP contribution in [0, 0.1) is 0 Å². The van der Waals surface area contributed by atoms with Crippen molar-refractivity contribution < 1.29 is 9.53 Å². The normalized spacial score (nSPS) is 13.9. The van der Waals surface area contributed by atoms with E-state index >= 15 is 0 Å². The van der Waals surface area contributed by atoms with Crippen molar-refractivity contribution in [3.05, 3.63) is 11.9 Å². The number of nitrogens with one attached hydrogen (secondary N) is 2. The lowest BCUT2D eigenvalue weighted by Gasteiger charge is -2.11. The van der Waals surface area contributed by atoms with Crippen LogP contribution in [0.1, 0.15) is 33.6 Å². The molecule has 0 saturated carbocycles. The molecule has 1 aliphatic heterocycles. The highest BCUT2D eigenvalue weighted by molar-refractivity contribution is 5.85. The molecule has 5 nitrogen and oxygen atoms in total. The number of rotatable bonds is 4. The fraction of sp³-hybridized carbons (Fsp3) is 0.667. The molecule has 0 atom stereocenters. The molecule has 0 radical (unpaired) electrons. The van der Waals surface area contributed by atoms with Crippen LogP contribution >= 0.6 is 0 Å². The average molecular weight is 241 g/mol. The molecular formula is C12H23N3O2. The smallest absolute Gasteiger partial charge is 0.320 e. The number of allylic oxidation sites excluding steroid dienone is 1. The van der Waals surface area contributed by atoms with Crippen LogP contribution in [0.4, 0.5) is 4.79 Å². The highest BCUT2D eigenvalue weighted by Crippen LogP contribution is 2.07. The van der Waals surface area contributed by atoms with E-state index in [0.29, 0.717) is 19.0 Å². The zero-order valence-electron chi connectivity index (χ0n) is 11.2. The first-order valence-corrected chi connectivity index (χ1v) is 6.00. The largest absolute Gasteiger partial charge is 0.383 e. The zero-order valence-corrected chi connectivity index (χ0v) is 11.2. The number of urea groups is 1. The number of aliphatic imine (C=N–C) groups is 1.